The van der Waals surface area contributed by atoms with E-state index in [1.54, 1.807) is 53.3 Å². The largest absolute Gasteiger partial charge is 0.289 e. The van der Waals surface area contributed by atoms with E-state index in [0.717, 1.165) is 17.1 Å². The number of sulfonamides is 1. The van der Waals surface area contributed by atoms with Crippen LogP contribution in [-0.2, 0) is 14.8 Å². The van der Waals surface area contributed by atoms with Crippen molar-refractivity contribution in [3.63, 3.8) is 0 Å². The first-order valence-corrected chi connectivity index (χ1v) is 10.6. The zero-order valence-electron chi connectivity index (χ0n) is 12.6. The van der Waals surface area contributed by atoms with Crippen molar-refractivity contribution >= 4 is 39.5 Å². The van der Waals surface area contributed by atoms with Crippen LogP contribution in [0.15, 0.2) is 29.2 Å². The minimum atomic E-state index is -3.79. The van der Waals surface area contributed by atoms with E-state index >= 15 is 0 Å². The number of carbonyl (C=O) groups is 1. The van der Waals surface area contributed by atoms with Gasteiger partial charge in [-0.3, -0.25) is 10.0 Å². The number of aryl methyl sites for hydroxylation is 1. The van der Waals surface area contributed by atoms with E-state index < -0.39 is 22.0 Å². The fraction of sp³-hybridized carbons (Fsp3) is 0.500. The molecule has 2 fully saturated rings. The van der Waals surface area contributed by atoms with Gasteiger partial charge in [0.25, 0.3) is 5.91 Å². The van der Waals surface area contributed by atoms with Crippen molar-refractivity contribution in [1.29, 1.82) is 0 Å². The van der Waals surface area contributed by atoms with Gasteiger partial charge in [0.05, 0.1) is 8.97 Å². The van der Waals surface area contributed by atoms with Gasteiger partial charge in [0.2, 0.25) is 10.0 Å². The van der Waals surface area contributed by atoms with E-state index in [0.29, 0.717) is 6.42 Å². The number of amides is 1. The Morgan fingerprint density at radius 2 is 1.91 bits per heavy atom. The second kappa shape index (κ2) is 6.29. The molecule has 0 unspecified atom stereocenters. The van der Waals surface area contributed by atoms with Crippen molar-refractivity contribution in [3.8, 4) is 0 Å². The molecule has 1 amide bonds. The van der Waals surface area contributed by atoms with Gasteiger partial charge in [-0.25, -0.2) is 13.9 Å². The number of thioether (sulfide) groups is 2. The fourth-order valence-corrected chi connectivity index (χ4v) is 7.98. The van der Waals surface area contributed by atoms with Crippen molar-refractivity contribution in [2.45, 2.75) is 28.4 Å². The van der Waals surface area contributed by atoms with E-state index in [1.807, 2.05) is 6.92 Å². The number of benzene rings is 1. The smallest absolute Gasteiger partial charge is 0.261 e. The summed E-state index contributed by atoms with van der Waals surface area (Å²) in [5.74, 6) is 1.21. The maximum absolute atomic E-state index is 13.0. The third kappa shape index (κ3) is 3.12. The topological polar surface area (TPSA) is 86.7 Å². The first-order chi connectivity index (χ1) is 10.9. The minimum Gasteiger partial charge on any atom is -0.289 e. The Balaban J connectivity index is 1.97. The molecule has 1 atom stereocenters. The summed E-state index contributed by atoms with van der Waals surface area (Å²) in [4.78, 5) is 12.2. The molecule has 2 saturated heterocycles. The first kappa shape index (κ1) is 17.1. The maximum atomic E-state index is 13.0. The number of hydroxylamine groups is 1. The zero-order valence-corrected chi connectivity index (χ0v) is 15.0. The molecule has 1 aromatic carbocycles. The second-order valence-corrected chi connectivity index (χ2v) is 10.8. The Kier molecular flexibility index (Phi) is 4.67. The Hall–Kier alpha value is -0.740. The molecule has 9 heteroatoms. The van der Waals surface area contributed by atoms with Gasteiger partial charge in [0, 0.05) is 18.1 Å². The van der Waals surface area contributed by atoms with Crippen molar-refractivity contribution in [3.05, 3.63) is 29.8 Å². The summed E-state index contributed by atoms with van der Waals surface area (Å²) in [6.45, 7) is 2.16. The summed E-state index contributed by atoms with van der Waals surface area (Å²) in [7, 11) is -3.79. The summed E-state index contributed by atoms with van der Waals surface area (Å²) in [5.41, 5.74) is 2.58. The molecule has 2 aliphatic rings. The molecule has 2 heterocycles. The van der Waals surface area contributed by atoms with Gasteiger partial charge in [-0.15, -0.1) is 23.5 Å². The van der Waals surface area contributed by atoms with Crippen LogP contribution in [0.4, 0.5) is 0 Å². The lowest BCUT2D eigenvalue weighted by molar-refractivity contribution is -0.132. The lowest BCUT2D eigenvalue weighted by Crippen LogP contribution is -2.45. The normalized spacial score (nSPS) is 24.2. The van der Waals surface area contributed by atoms with Crippen LogP contribution in [0.3, 0.4) is 0 Å². The highest BCUT2D eigenvalue weighted by molar-refractivity contribution is 8.21. The van der Waals surface area contributed by atoms with Gasteiger partial charge >= 0.3 is 0 Å². The molecular weight excluding hydrogens is 356 g/mol. The quantitative estimate of drug-likeness (QED) is 0.615. The third-order valence-corrected chi connectivity index (χ3v) is 9.40. The molecular formula is C14H18N2O4S3. The molecule has 126 valence electrons. The molecule has 0 bridgehead atoms. The molecule has 2 N–H and O–H groups in total. The highest BCUT2D eigenvalue weighted by Crippen LogP contribution is 2.52. The van der Waals surface area contributed by atoms with Crippen molar-refractivity contribution in [2.75, 3.05) is 18.1 Å². The predicted octanol–water partition coefficient (Wildman–Crippen LogP) is 1.44. The van der Waals surface area contributed by atoms with Crippen LogP contribution in [0.25, 0.3) is 0 Å². The number of hydrogen-bond acceptors (Lipinski definition) is 6. The average Bonchev–Trinajstić information content (AvgIpc) is 3.15. The SMILES string of the molecule is Cc1ccc(S(=O)(=O)N2CC3(C[C@H]2C(=O)NO)SCCS3)cc1. The molecule has 3 rings (SSSR count). The first-order valence-electron chi connectivity index (χ1n) is 7.18. The molecule has 23 heavy (non-hydrogen) atoms. The lowest BCUT2D eigenvalue weighted by Gasteiger charge is -2.23. The van der Waals surface area contributed by atoms with Gasteiger partial charge < -0.3 is 0 Å². The molecule has 6 nitrogen and oxygen atoms in total. The van der Waals surface area contributed by atoms with E-state index in [9.17, 15) is 13.2 Å². The monoisotopic (exact) mass is 374 g/mol. The summed E-state index contributed by atoms with van der Waals surface area (Å²) < 4.78 is 26.9. The van der Waals surface area contributed by atoms with E-state index in [-0.39, 0.29) is 15.5 Å². The molecule has 1 aromatic rings. The van der Waals surface area contributed by atoms with Crippen molar-refractivity contribution in [1.82, 2.24) is 9.79 Å². The van der Waals surface area contributed by atoms with Gasteiger partial charge in [0.1, 0.15) is 6.04 Å². The molecule has 0 aromatic heterocycles. The second-order valence-electron chi connectivity index (χ2n) is 5.67. The Bertz CT molecular complexity index is 699. The van der Waals surface area contributed by atoms with Gasteiger partial charge in [-0.1, -0.05) is 17.7 Å². The maximum Gasteiger partial charge on any atom is 0.261 e. The molecule has 0 aliphatic carbocycles. The summed E-state index contributed by atoms with van der Waals surface area (Å²) in [6.07, 6.45) is 0.403. The Morgan fingerprint density at radius 1 is 1.30 bits per heavy atom. The van der Waals surface area contributed by atoms with Crippen LogP contribution in [0.5, 0.6) is 0 Å². The third-order valence-electron chi connectivity index (χ3n) is 4.10. The zero-order chi connectivity index (χ0) is 16.7. The van der Waals surface area contributed by atoms with E-state index in [1.165, 1.54) is 4.31 Å². The van der Waals surface area contributed by atoms with Crippen LogP contribution < -0.4 is 5.48 Å². The molecule has 1 spiro atoms. The number of hydrogen-bond donors (Lipinski definition) is 2. The van der Waals surface area contributed by atoms with Crippen LogP contribution in [0, 0.1) is 6.92 Å². The van der Waals surface area contributed by atoms with Gasteiger partial charge in [0.15, 0.2) is 0 Å². The van der Waals surface area contributed by atoms with Crippen LogP contribution >= 0.6 is 23.5 Å². The Labute approximate surface area is 144 Å². The average molecular weight is 375 g/mol. The van der Waals surface area contributed by atoms with Crippen LogP contribution in [0.2, 0.25) is 0 Å². The Morgan fingerprint density at radius 3 is 2.48 bits per heavy atom. The van der Waals surface area contributed by atoms with Crippen molar-refractivity contribution in [2.24, 2.45) is 0 Å². The lowest BCUT2D eigenvalue weighted by atomic mass is 10.2. The van der Waals surface area contributed by atoms with Gasteiger partial charge in [-0.05, 0) is 25.5 Å². The molecule has 2 aliphatic heterocycles. The van der Waals surface area contributed by atoms with Crippen LogP contribution in [-0.4, -0.2) is 52.0 Å². The highest BCUT2D eigenvalue weighted by Gasteiger charge is 2.53. The highest BCUT2D eigenvalue weighted by atomic mass is 32.2. The minimum absolute atomic E-state index is 0.170. The summed E-state index contributed by atoms with van der Waals surface area (Å²) in [5, 5.41) is 8.98. The number of nitrogens with zero attached hydrogens (tertiary/aromatic N) is 1. The molecule has 0 radical (unpaired) electrons. The number of carbonyl (C=O) groups excluding carboxylic acids is 1. The standard InChI is InChI=1S/C14H18N2O4S3/c1-10-2-4-11(5-3-10)23(19,20)16-9-14(21-6-7-22-14)8-12(16)13(17)15-18/h2-5,12,18H,6-9H2,1H3,(H,15,17)/t12-/m0/s1. The summed E-state index contributed by atoms with van der Waals surface area (Å²) in [6, 6.07) is 5.69. The van der Waals surface area contributed by atoms with Gasteiger partial charge in [-0.2, -0.15) is 4.31 Å². The van der Waals surface area contributed by atoms with Crippen LogP contribution in [0.1, 0.15) is 12.0 Å². The van der Waals surface area contributed by atoms with E-state index in [2.05, 4.69) is 0 Å². The van der Waals surface area contributed by atoms with Crippen molar-refractivity contribution < 1.29 is 18.4 Å². The predicted molar refractivity (Wildman–Crippen MR) is 91.1 cm³/mol. The fourth-order valence-electron chi connectivity index (χ4n) is 2.91. The molecule has 0 saturated carbocycles. The number of nitrogens with one attached hydrogen (secondary N) is 1. The van der Waals surface area contributed by atoms with E-state index in [4.69, 9.17) is 5.21 Å². The number of rotatable bonds is 3. The summed E-state index contributed by atoms with van der Waals surface area (Å²) >= 11 is 3.39.